The highest BCUT2D eigenvalue weighted by molar-refractivity contribution is 5.51. The Morgan fingerprint density at radius 2 is 1.86 bits per heavy atom. The van der Waals surface area contributed by atoms with Gasteiger partial charge in [-0.1, -0.05) is 19.1 Å². The molecule has 74 valence electrons. The lowest BCUT2D eigenvalue weighted by molar-refractivity contribution is 0.496. The molecule has 1 heterocycles. The van der Waals surface area contributed by atoms with Crippen LogP contribution in [0.2, 0.25) is 0 Å². The number of nitrogens with zero attached hydrogens (tertiary/aromatic N) is 2. The topological polar surface area (TPSA) is 6.48 Å². The molecule has 0 saturated heterocycles. The minimum atomic E-state index is 0.950. The van der Waals surface area contributed by atoms with E-state index in [1.807, 2.05) is 0 Å². The summed E-state index contributed by atoms with van der Waals surface area (Å²) in [7, 11) is 2.08. The number of aryl methyl sites for hydroxylation is 1. The first-order valence-corrected chi connectivity index (χ1v) is 5.04. The summed E-state index contributed by atoms with van der Waals surface area (Å²) in [4.78, 5) is 4.40. The minimum absolute atomic E-state index is 0.950. The second-order valence-corrected chi connectivity index (χ2v) is 3.69. The van der Waals surface area contributed by atoms with Gasteiger partial charge in [-0.2, -0.15) is 0 Å². The molecule has 2 nitrogen and oxygen atoms in total. The zero-order valence-electron chi connectivity index (χ0n) is 8.77. The molecule has 1 aromatic rings. The summed E-state index contributed by atoms with van der Waals surface area (Å²) >= 11 is 0. The van der Waals surface area contributed by atoms with Gasteiger partial charge in [-0.15, -0.1) is 0 Å². The fraction of sp³-hybridized carbons (Fsp3) is 0.333. The highest BCUT2D eigenvalue weighted by Crippen LogP contribution is 2.19. The fourth-order valence-electron chi connectivity index (χ4n) is 1.62. The minimum Gasteiger partial charge on any atom is -0.361 e. The molecule has 1 aliphatic rings. The molecule has 0 unspecified atom stereocenters. The number of hydrogen-bond acceptors (Lipinski definition) is 2. The quantitative estimate of drug-likeness (QED) is 0.703. The third-order valence-corrected chi connectivity index (χ3v) is 2.55. The van der Waals surface area contributed by atoms with Gasteiger partial charge in [0.05, 0.1) is 6.67 Å². The Morgan fingerprint density at radius 3 is 2.36 bits per heavy atom. The van der Waals surface area contributed by atoms with Crippen LogP contribution in [-0.4, -0.2) is 18.6 Å². The van der Waals surface area contributed by atoms with Crippen LogP contribution in [0.25, 0.3) is 0 Å². The van der Waals surface area contributed by atoms with E-state index in [1.54, 1.807) is 0 Å². The van der Waals surface area contributed by atoms with E-state index in [0.717, 1.165) is 13.1 Å². The van der Waals surface area contributed by atoms with Crippen molar-refractivity contribution in [1.82, 2.24) is 4.90 Å². The van der Waals surface area contributed by atoms with Crippen LogP contribution in [0.3, 0.4) is 0 Å². The predicted octanol–water partition coefficient (Wildman–Crippen LogP) is 2.43. The van der Waals surface area contributed by atoms with Gasteiger partial charge in [0, 0.05) is 25.1 Å². The SMILES string of the molecule is CCc1ccc(N2C=CN(C)C2)cc1. The van der Waals surface area contributed by atoms with Crippen molar-refractivity contribution in [1.29, 1.82) is 0 Å². The van der Waals surface area contributed by atoms with Gasteiger partial charge in [-0.25, -0.2) is 0 Å². The molecule has 14 heavy (non-hydrogen) atoms. The lowest BCUT2D eigenvalue weighted by Crippen LogP contribution is -2.21. The van der Waals surface area contributed by atoms with Gasteiger partial charge in [0.15, 0.2) is 0 Å². The molecule has 0 fully saturated rings. The zero-order chi connectivity index (χ0) is 9.97. The molecule has 0 spiro atoms. The number of anilines is 1. The van der Waals surface area contributed by atoms with E-state index in [1.165, 1.54) is 11.3 Å². The summed E-state index contributed by atoms with van der Waals surface area (Å²) in [6.45, 7) is 3.13. The van der Waals surface area contributed by atoms with Crippen molar-refractivity contribution >= 4 is 5.69 Å². The first-order valence-electron chi connectivity index (χ1n) is 5.04. The van der Waals surface area contributed by atoms with Crippen LogP contribution in [0.15, 0.2) is 36.7 Å². The second kappa shape index (κ2) is 3.74. The van der Waals surface area contributed by atoms with E-state index in [4.69, 9.17) is 0 Å². The molecular formula is C12H16N2. The molecule has 1 aliphatic heterocycles. The normalized spacial score (nSPS) is 15.3. The molecule has 0 aromatic heterocycles. The third-order valence-electron chi connectivity index (χ3n) is 2.55. The van der Waals surface area contributed by atoms with Gasteiger partial charge in [0.2, 0.25) is 0 Å². The average Bonchev–Trinajstić information content (AvgIpc) is 2.65. The van der Waals surface area contributed by atoms with Crippen LogP contribution in [0.1, 0.15) is 12.5 Å². The van der Waals surface area contributed by atoms with Crippen molar-refractivity contribution in [2.24, 2.45) is 0 Å². The molecule has 1 aromatic carbocycles. The largest absolute Gasteiger partial charge is 0.361 e. The molecule has 2 rings (SSSR count). The Bertz CT molecular complexity index is 327. The maximum atomic E-state index is 2.24. The monoisotopic (exact) mass is 188 g/mol. The predicted molar refractivity (Wildman–Crippen MR) is 60.1 cm³/mol. The number of rotatable bonds is 2. The second-order valence-electron chi connectivity index (χ2n) is 3.69. The molecule has 0 radical (unpaired) electrons. The molecule has 0 atom stereocenters. The molecule has 0 bridgehead atoms. The van der Waals surface area contributed by atoms with E-state index in [9.17, 15) is 0 Å². The number of hydrogen-bond donors (Lipinski definition) is 0. The summed E-state index contributed by atoms with van der Waals surface area (Å²) in [5.74, 6) is 0. The van der Waals surface area contributed by atoms with Crippen LogP contribution in [0.5, 0.6) is 0 Å². The van der Waals surface area contributed by atoms with Crippen LogP contribution < -0.4 is 4.90 Å². The van der Waals surface area contributed by atoms with Crippen molar-refractivity contribution in [3.8, 4) is 0 Å². The van der Waals surface area contributed by atoms with Crippen LogP contribution in [0, 0.1) is 0 Å². The van der Waals surface area contributed by atoms with Crippen molar-refractivity contribution in [2.45, 2.75) is 13.3 Å². The first kappa shape index (κ1) is 9.13. The Kier molecular flexibility index (Phi) is 2.44. The Balaban J connectivity index is 2.14. The van der Waals surface area contributed by atoms with E-state index in [0.29, 0.717) is 0 Å². The van der Waals surface area contributed by atoms with Gasteiger partial charge in [-0.05, 0) is 24.1 Å². The maximum absolute atomic E-state index is 2.24. The highest BCUT2D eigenvalue weighted by Gasteiger charge is 2.09. The Labute approximate surface area is 85.4 Å². The van der Waals surface area contributed by atoms with E-state index in [2.05, 4.69) is 60.4 Å². The third kappa shape index (κ3) is 1.74. The maximum Gasteiger partial charge on any atom is 0.0938 e. The number of benzene rings is 1. The Morgan fingerprint density at radius 1 is 1.14 bits per heavy atom. The van der Waals surface area contributed by atoms with Crippen molar-refractivity contribution in [3.63, 3.8) is 0 Å². The molecular weight excluding hydrogens is 172 g/mol. The smallest absolute Gasteiger partial charge is 0.0938 e. The standard InChI is InChI=1S/C12H16N2/c1-3-11-4-6-12(7-5-11)14-9-8-13(2)10-14/h4-9H,3,10H2,1-2H3. The van der Waals surface area contributed by atoms with Gasteiger partial charge in [0.1, 0.15) is 0 Å². The van der Waals surface area contributed by atoms with Crippen molar-refractivity contribution < 1.29 is 0 Å². The van der Waals surface area contributed by atoms with E-state index < -0.39 is 0 Å². The van der Waals surface area contributed by atoms with Gasteiger partial charge >= 0.3 is 0 Å². The lowest BCUT2D eigenvalue weighted by Gasteiger charge is -2.18. The molecule has 0 N–H and O–H groups in total. The lowest BCUT2D eigenvalue weighted by atomic mass is 10.1. The van der Waals surface area contributed by atoms with Crippen LogP contribution in [0.4, 0.5) is 5.69 Å². The summed E-state index contributed by atoms with van der Waals surface area (Å²) in [5.41, 5.74) is 2.66. The van der Waals surface area contributed by atoms with Gasteiger partial charge < -0.3 is 9.80 Å². The van der Waals surface area contributed by atoms with Gasteiger partial charge in [0.25, 0.3) is 0 Å². The summed E-state index contributed by atoms with van der Waals surface area (Å²) < 4.78 is 0. The zero-order valence-corrected chi connectivity index (χ0v) is 8.77. The molecule has 2 heteroatoms. The summed E-state index contributed by atoms with van der Waals surface area (Å²) in [5, 5.41) is 0. The van der Waals surface area contributed by atoms with Crippen molar-refractivity contribution in [3.05, 3.63) is 42.2 Å². The highest BCUT2D eigenvalue weighted by atomic mass is 15.3. The Hall–Kier alpha value is -1.44. The van der Waals surface area contributed by atoms with E-state index in [-0.39, 0.29) is 0 Å². The fourth-order valence-corrected chi connectivity index (χ4v) is 1.62. The first-order chi connectivity index (χ1) is 6.79. The van der Waals surface area contributed by atoms with E-state index >= 15 is 0 Å². The average molecular weight is 188 g/mol. The molecule has 0 amide bonds. The molecule has 0 saturated carbocycles. The van der Waals surface area contributed by atoms with Crippen molar-refractivity contribution in [2.75, 3.05) is 18.6 Å². The van der Waals surface area contributed by atoms with Crippen LogP contribution >= 0.6 is 0 Å². The molecule has 0 aliphatic carbocycles. The van der Waals surface area contributed by atoms with Crippen LogP contribution in [-0.2, 0) is 6.42 Å². The van der Waals surface area contributed by atoms with Gasteiger partial charge in [-0.3, -0.25) is 0 Å². The summed E-state index contributed by atoms with van der Waals surface area (Å²) in [6.07, 6.45) is 5.31. The summed E-state index contributed by atoms with van der Waals surface area (Å²) in [6, 6.07) is 8.76.